The Morgan fingerprint density at radius 1 is 1.09 bits per heavy atom. The molecular formula is C25H21ClF4N2O. The number of carbonyl (C=O) groups excluding carboxylic acids is 1. The van der Waals surface area contributed by atoms with E-state index in [9.17, 15) is 22.4 Å². The number of nitrogens with zero attached hydrogens (tertiary/aromatic N) is 1. The lowest BCUT2D eigenvalue weighted by Crippen LogP contribution is -2.50. The van der Waals surface area contributed by atoms with Crippen LogP contribution in [0.25, 0.3) is 0 Å². The first-order valence-corrected chi connectivity index (χ1v) is 10.8. The zero-order chi connectivity index (χ0) is 23.8. The van der Waals surface area contributed by atoms with Gasteiger partial charge in [-0.25, -0.2) is 4.39 Å². The summed E-state index contributed by atoms with van der Waals surface area (Å²) in [4.78, 5) is 17.3. The van der Waals surface area contributed by atoms with Crippen LogP contribution in [0.2, 0.25) is 5.02 Å². The average molecular weight is 477 g/mol. The molecule has 1 heterocycles. The summed E-state index contributed by atoms with van der Waals surface area (Å²) in [6, 6.07) is 12.8. The Kier molecular flexibility index (Phi) is 6.18. The minimum absolute atomic E-state index is 0.0415. The normalized spacial score (nSPS) is 15.7. The minimum atomic E-state index is -4.76. The van der Waals surface area contributed by atoms with Crippen LogP contribution in [-0.4, -0.2) is 10.9 Å². The molecule has 0 aliphatic heterocycles. The topological polar surface area (TPSA) is 42.0 Å². The van der Waals surface area contributed by atoms with Gasteiger partial charge in [-0.1, -0.05) is 41.4 Å². The molecule has 1 atom stereocenters. The number of aromatic nitrogens is 1. The Balaban J connectivity index is 1.96. The molecule has 0 bridgehead atoms. The van der Waals surface area contributed by atoms with Crippen LogP contribution in [0.4, 0.5) is 17.6 Å². The molecule has 8 heteroatoms. The van der Waals surface area contributed by atoms with Gasteiger partial charge in [-0.05, 0) is 61.2 Å². The van der Waals surface area contributed by atoms with E-state index in [0.717, 1.165) is 23.3 Å². The number of rotatable bonds is 6. The monoisotopic (exact) mass is 476 g/mol. The van der Waals surface area contributed by atoms with Crippen LogP contribution in [0.1, 0.15) is 40.8 Å². The van der Waals surface area contributed by atoms with Crippen LogP contribution >= 0.6 is 11.6 Å². The predicted octanol–water partition coefficient (Wildman–Crippen LogP) is 6.21. The number of nitrogens with one attached hydrogen (secondary N) is 1. The maximum atomic E-state index is 14.5. The highest BCUT2D eigenvalue weighted by atomic mass is 35.5. The third-order valence-electron chi connectivity index (χ3n) is 5.72. The Labute approximate surface area is 193 Å². The number of halogens is 5. The highest BCUT2D eigenvalue weighted by Gasteiger charge is 2.43. The molecule has 1 aromatic heterocycles. The molecule has 1 aliphatic carbocycles. The van der Waals surface area contributed by atoms with Crippen LogP contribution in [0.3, 0.4) is 0 Å². The maximum absolute atomic E-state index is 14.5. The molecule has 3 nitrogen and oxygen atoms in total. The molecule has 0 spiro atoms. The van der Waals surface area contributed by atoms with Gasteiger partial charge >= 0.3 is 6.18 Å². The fraction of sp³-hybridized carbons (Fsp3) is 0.280. The summed E-state index contributed by atoms with van der Waals surface area (Å²) >= 11 is 6.01. The highest BCUT2D eigenvalue weighted by Crippen LogP contribution is 2.39. The van der Waals surface area contributed by atoms with Crippen LogP contribution in [0, 0.1) is 18.7 Å². The molecule has 4 rings (SSSR count). The van der Waals surface area contributed by atoms with E-state index in [2.05, 4.69) is 10.3 Å². The van der Waals surface area contributed by atoms with E-state index in [0.29, 0.717) is 23.9 Å². The number of hydrogen-bond donors (Lipinski definition) is 1. The molecule has 1 saturated carbocycles. The van der Waals surface area contributed by atoms with E-state index in [-0.39, 0.29) is 29.5 Å². The number of carbonyl (C=O) groups is 1. The van der Waals surface area contributed by atoms with Crippen molar-refractivity contribution >= 4 is 17.5 Å². The number of aryl methyl sites for hydroxylation is 1. The maximum Gasteiger partial charge on any atom is 0.416 e. The Bertz CT molecular complexity index is 1180. The number of pyridine rings is 1. The van der Waals surface area contributed by atoms with Gasteiger partial charge in [-0.2, -0.15) is 13.2 Å². The Morgan fingerprint density at radius 3 is 2.42 bits per heavy atom. The fourth-order valence-corrected chi connectivity index (χ4v) is 4.05. The smallest absolute Gasteiger partial charge is 0.340 e. The molecule has 0 radical (unpaired) electrons. The van der Waals surface area contributed by atoms with Gasteiger partial charge < -0.3 is 5.32 Å². The SMILES string of the molecule is Cc1cccc(CC(NC(=O)C2CC2)(c2cc(F)cc(C(F)(F)F)c2)c2ccc(Cl)cn2)c1. The van der Waals surface area contributed by atoms with Crippen molar-refractivity contribution in [2.45, 2.75) is 37.9 Å². The quantitative estimate of drug-likeness (QED) is 0.429. The number of hydrogen-bond acceptors (Lipinski definition) is 2. The summed E-state index contributed by atoms with van der Waals surface area (Å²) in [6.07, 6.45) is -1.95. The second-order valence-corrected chi connectivity index (χ2v) is 8.86. The highest BCUT2D eigenvalue weighted by molar-refractivity contribution is 6.30. The third-order valence-corrected chi connectivity index (χ3v) is 5.94. The molecule has 3 aromatic rings. The lowest BCUT2D eigenvalue weighted by atomic mass is 9.79. The first-order valence-electron chi connectivity index (χ1n) is 10.4. The molecule has 1 unspecified atom stereocenters. The molecule has 2 aromatic carbocycles. The lowest BCUT2D eigenvalue weighted by Gasteiger charge is -2.36. The molecule has 172 valence electrons. The van der Waals surface area contributed by atoms with Crippen molar-refractivity contribution in [1.29, 1.82) is 0 Å². The second-order valence-electron chi connectivity index (χ2n) is 8.42. The number of alkyl halides is 3. The van der Waals surface area contributed by atoms with E-state index in [4.69, 9.17) is 11.6 Å². The predicted molar refractivity (Wildman–Crippen MR) is 117 cm³/mol. The summed E-state index contributed by atoms with van der Waals surface area (Å²) in [5.41, 5.74) is -0.767. The zero-order valence-corrected chi connectivity index (χ0v) is 18.5. The van der Waals surface area contributed by atoms with Gasteiger partial charge in [0.25, 0.3) is 0 Å². The van der Waals surface area contributed by atoms with Gasteiger partial charge in [0.1, 0.15) is 11.4 Å². The first-order chi connectivity index (χ1) is 15.6. The van der Waals surface area contributed by atoms with Gasteiger partial charge in [0.2, 0.25) is 5.91 Å². The molecule has 1 aliphatic rings. The summed E-state index contributed by atoms with van der Waals surface area (Å²) in [6.45, 7) is 1.89. The van der Waals surface area contributed by atoms with Crippen LogP contribution < -0.4 is 5.32 Å². The molecule has 0 saturated heterocycles. The fourth-order valence-electron chi connectivity index (χ4n) is 3.94. The average Bonchev–Trinajstić information content (AvgIpc) is 3.58. The molecular weight excluding hydrogens is 456 g/mol. The number of amides is 1. The van der Waals surface area contributed by atoms with E-state index in [1.165, 1.54) is 6.20 Å². The van der Waals surface area contributed by atoms with Crippen molar-refractivity contribution in [3.63, 3.8) is 0 Å². The lowest BCUT2D eigenvalue weighted by molar-refractivity contribution is -0.137. The molecule has 1 amide bonds. The van der Waals surface area contributed by atoms with Crippen LogP contribution in [0.15, 0.2) is 60.8 Å². The molecule has 1 fully saturated rings. The second kappa shape index (κ2) is 8.78. The van der Waals surface area contributed by atoms with Gasteiger partial charge in [0.15, 0.2) is 0 Å². The largest absolute Gasteiger partial charge is 0.416 e. The standard InChI is InChI=1S/C25H21ClF4N2O/c1-15-3-2-4-16(9-15)13-24(32-23(33)17-5-6-17,22-8-7-20(26)14-31-22)18-10-19(25(28,29)30)12-21(27)11-18/h2-4,7-12,14,17H,5-6,13H2,1H3,(H,32,33). The summed E-state index contributed by atoms with van der Waals surface area (Å²) in [5, 5.41) is 3.27. The van der Waals surface area contributed by atoms with Crippen molar-refractivity contribution in [1.82, 2.24) is 10.3 Å². The molecule has 33 heavy (non-hydrogen) atoms. The van der Waals surface area contributed by atoms with E-state index in [1.54, 1.807) is 12.1 Å². The van der Waals surface area contributed by atoms with Gasteiger partial charge in [-0.3, -0.25) is 9.78 Å². The van der Waals surface area contributed by atoms with Crippen molar-refractivity contribution in [3.05, 3.63) is 99.6 Å². The number of benzene rings is 2. The Hall–Kier alpha value is -2.93. The Morgan fingerprint density at radius 2 is 1.82 bits per heavy atom. The van der Waals surface area contributed by atoms with Gasteiger partial charge in [-0.15, -0.1) is 0 Å². The van der Waals surface area contributed by atoms with E-state index in [1.807, 2.05) is 31.2 Å². The van der Waals surface area contributed by atoms with E-state index < -0.39 is 23.1 Å². The van der Waals surface area contributed by atoms with Crippen molar-refractivity contribution in [3.8, 4) is 0 Å². The van der Waals surface area contributed by atoms with Crippen molar-refractivity contribution in [2.75, 3.05) is 0 Å². The summed E-state index contributed by atoms with van der Waals surface area (Å²) in [7, 11) is 0. The summed E-state index contributed by atoms with van der Waals surface area (Å²) in [5.74, 6) is -1.59. The molecule has 1 N–H and O–H groups in total. The van der Waals surface area contributed by atoms with Crippen LogP contribution in [0.5, 0.6) is 0 Å². The van der Waals surface area contributed by atoms with Gasteiger partial charge in [0, 0.05) is 18.5 Å². The van der Waals surface area contributed by atoms with E-state index >= 15 is 0 Å². The zero-order valence-electron chi connectivity index (χ0n) is 17.7. The van der Waals surface area contributed by atoms with Crippen LogP contribution in [-0.2, 0) is 22.9 Å². The van der Waals surface area contributed by atoms with Crippen molar-refractivity contribution < 1.29 is 22.4 Å². The minimum Gasteiger partial charge on any atom is -0.340 e. The van der Waals surface area contributed by atoms with Crippen molar-refractivity contribution in [2.24, 2.45) is 5.92 Å². The van der Waals surface area contributed by atoms with Gasteiger partial charge in [0.05, 0.1) is 16.3 Å². The summed E-state index contributed by atoms with van der Waals surface area (Å²) < 4.78 is 55.3. The first kappa shape index (κ1) is 23.2. The third kappa shape index (κ3) is 5.19.